The van der Waals surface area contributed by atoms with E-state index in [9.17, 15) is 9.59 Å². The Labute approximate surface area is 163 Å². The predicted octanol–water partition coefficient (Wildman–Crippen LogP) is 2.94. The third-order valence-electron chi connectivity index (χ3n) is 5.31. The van der Waals surface area contributed by atoms with Crippen LogP contribution in [0, 0.1) is 5.92 Å². The average molecular weight is 382 g/mol. The van der Waals surface area contributed by atoms with Crippen molar-refractivity contribution in [3.8, 4) is 0 Å². The number of nitrogens with zero attached hydrogens (tertiary/aromatic N) is 3. The van der Waals surface area contributed by atoms with Gasteiger partial charge in [-0.25, -0.2) is 0 Å². The first-order chi connectivity index (χ1) is 13.2. The maximum absolute atomic E-state index is 12.8. The molecule has 2 bridgehead atoms. The van der Waals surface area contributed by atoms with E-state index in [1.807, 2.05) is 52.3 Å². The van der Waals surface area contributed by atoms with Gasteiger partial charge in [-0.1, -0.05) is 24.3 Å². The topological polar surface area (TPSA) is 53.5 Å². The Bertz CT molecular complexity index is 800. The zero-order valence-electron chi connectivity index (χ0n) is 15.2. The second-order valence-corrected chi connectivity index (χ2v) is 8.22. The number of hydrogen-bond acceptors (Lipinski definition) is 4. The minimum Gasteiger partial charge on any atom is -0.337 e. The van der Waals surface area contributed by atoms with Gasteiger partial charge in [0.1, 0.15) is 5.69 Å². The summed E-state index contributed by atoms with van der Waals surface area (Å²) >= 11 is 1.58. The summed E-state index contributed by atoms with van der Waals surface area (Å²) in [6.07, 6.45) is 3.70. The molecule has 5 rings (SSSR count). The van der Waals surface area contributed by atoms with Gasteiger partial charge in [-0.2, -0.15) is 0 Å². The number of hydrogen-bond donors (Lipinski definition) is 0. The minimum atomic E-state index is -0.0274. The SMILES string of the molecule is O=C(c1ccccn1)N1C[C@H]2CC[C@@H](C1)N(C(=O)CSc1ccccc1)C2. The molecule has 2 amide bonds. The summed E-state index contributed by atoms with van der Waals surface area (Å²) in [5.74, 6) is 0.940. The molecule has 1 aromatic carbocycles. The first-order valence-corrected chi connectivity index (χ1v) is 10.4. The minimum absolute atomic E-state index is 0.0274. The van der Waals surface area contributed by atoms with Crippen LogP contribution in [0.25, 0.3) is 0 Å². The fourth-order valence-corrected chi connectivity index (χ4v) is 4.75. The van der Waals surface area contributed by atoms with Crippen LogP contribution in [0.3, 0.4) is 0 Å². The summed E-state index contributed by atoms with van der Waals surface area (Å²) < 4.78 is 0. The average Bonchev–Trinajstić information content (AvgIpc) is 3.05. The summed E-state index contributed by atoms with van der Waals surface area (Å²) in [5, 5.41) is 0. The molecule has 140 valence electrons. The summed E-state index contributed by atoms with van der Waals surface area (Å²) in [7, 11) is 0. The van der Waals surface area contributed by atoms with E-state index in [0.717, 1.165) is 24.3 Å². The monoisotopic (exact) mass is 381 g/mol. The van der Waals surface area contributed by atoms with Crippen LogP contribution in [0.2, 0.25) is 0 Å². The fourth-order valence-electron chi connectivity index (χ4n) is 3.95. The summed E-state index contributed by atoms with van der Waals surface area (Å²) in [5.41, 5.74) is 0.483. The van der Waals surface area contributed by atoms with Crippen molar-refractivity contribution in [3.05, 3.63) is 60.4 Å². The van der Waals surface area contributed by atoms with E-state index in [2.05, 4.69) is 4.98 Å². The van der Waals surface area contributed by atoms with Gasteiger partial charge in [-0.3, -0.25) is 14.6 Å². The smallest absolute Gasteiger partial charge is 0.272 e. The van der Waals surface area contributed by atoms with E-state index in [1.165, 1.54) is 0 Å². The quantitative estimate of drug-likeness (QED) is 0.764. The lowest BCUT2D eigenvalue weighted by Gasteiger charge is -2.36. The van der Waals surface area contributed by atoms with Crippen LogP contribution in [-0.2, 0) is 4.79 Å². The standard InChI is InChI=1S/C21H23N3O2S/c25-20(15-27-18-6-2-1-3-7-18)24-13-16-9-10-17(24)14-23(12-16)21(26)19-8-4-5-11-22-19/h1-8,11,16-17H,9-10,12-15H2/t16-,17+/m1/s1. The third-order valence-corrected chi connectivity index (χ3v) is 6.31. The molecule has 0 spiro atoms. The van der Waals surface area contributed by atoms with E-state index in [-0.39, 0.29) is 17.9 Å². The van der Waals surface area contributed by atoms with Crippen LogP contribution in [0.1, 0.15) is 23.3 Å². The largest absolute Gasteiger partial charge is 0.337 e. The molecule has 27 heavy (non-hydrogen) atoms. The van der Waals surface area contributed by atoms with Gasteiger partial charge < -0.3 is 9.80 Å². The second kappa shape index (κ2) is 8.13. The van der Waals surface area contributed by atoms with Gasteiger partial charge in [0.05, 0.1) is 5.75 Å². The second-order valence-electron chi connectivity index (χ2n) is 7.17. The molecule has 5 nitrogen and oxygen atoms in total. The number of pyridine rings is 1. The lowest BCUT2D eigenvalue weighted by Crippen LogP contribution is -2.48. The summed E-state index contributed by atoms with van der Waals surface area (Å²) in [6, 6.07) is 15.5. The van der Waals surface area contributed by atoms with Crippen LogP contribution in [0.5, 0.6) is 0 Å². The third kappa shape index (κ3) is 4.16. The van der Waals surface area contributed by atoms with Crippen molar-refractivity contribution in [1.29, 1.82) is 0 Å². The van der Waals surface area contributed by atoms with Gasteiger partial charge in [0.2, 0.25) is 5.91 Å². The van der Waals surface area contributed by atoms with Gasteiger partial charge in [0.25, 0.3) is 5.91 Å². The molecule has 0 unspecified atom stereocenters. The van der Waals surface area contributed by atoms with Crippen molar-refractivity contribution in [2.45, 2.75) is 23.8 Å². The van der Waals surface area contributed by atoms with Crippen LogP contribution in [0.4, 0.5) is 0 Å². The van der Waals surface area contributed by atoms with E-state index >= 15 is 0 Å². The first-order valence-electron chi connectivity index (χ1n) is 9.38. The molecule has 3 saturated heterocycles. The first kappa shape index (κ1) is 18.0. The Hall–Kier alpha value is -2.34. The number of benzene rings is 1. The zero-order chi connectivity index (χ0) is 18.6. The molecule has 2 aromatic rings. The highest BCUT2D eigenvalue weighted by atomic mass is 32.2. The molecule has 0 aliphatic carbocycles. The number of piperidine rings is 1. The van der Waals surface area contributed by atoms with Crippen molar-refractivity contribution in [1.82, 2.24) is 14.8 Å². The molecule has 3 fully saturated rings. The normalized spacial score (nSPS) is 21.8. The highest BCUT2D eigenvalue weighted by Crippen LogP contribution is 2.30. The van der Waals surface area contributed by atoms with Crippen molar-refractivity contribution in [3.63, 3.8) is 0 Å². The van der Waals surface area contributed by atoms with Gasteiger partial charge in [0, 0.05) is 36.8 Å². The Morgan fingerprint density at radius 1 is 1.00 bits per heavy atom. The van der Waals surface area contributed by atoms with Crippen LogP contribution >= 0.6 is 11.8 Å². The Morgan fingerprint density at radius 3 is 2.59 bits per heavy atom. The lowest BCUT2D eigenvalue weighted by molar-refractivity contribution is -0.132. The van der Waals surface area contributed by atoms with Gasteiger partial charge >= 0.3 is 0 Å². The Kier molecular flexibility index (Phi) is 5.43. The lowest BCUT2D eigenvalue weighted by atomic mass is 9.95. The molecule has 1 aromatic heterocycles. The van der Waals surface area contributed by atoms with Gasteiger partial charge in [-0.05, 0) is 43.0 Å². The summed E-state index contributed by atoms with van der Waals surface area (Å²) in [6.45, 7) is 2.07. The molecule has 3 aliphatic rings. The van der Waals surface area contributed by atoms with E-state index in [1.54, 1.807) is 24.0 Å². The van der Waals surface area contributed by atoms with E-state index in [0.29, 0.717) is 30.5 Å². The molecule has 0 saturated carbocycles. The zero-order valence-corrected chi connectivity index (χ0v) is 16.0. The molecule has 0 N–H and O–H groups in total. The molecule has 2 atom stereocenters. The molecule has 6 heteroatoms. The number of carbonyl (C=O) groups is 2. The Morgan fingerprint density at radius 2 is 1.81 bits per heavy atom. The molecule has 0 radical (unpaired) electrons. The Balaban J connectivity index is 1.42. The number of thioether (sulfide) groups is 1. The number of rotatable bonds is 4. The van der Waals surface area contributed by atoms with Crippen molar-refractivity contribution in [2.24, 2.45) is 5.92 Å². The van der Waals surface area contributed by atoms with E-state index in [4.69, 9.17) is 0 Å². The number of amides is 2. The highest BCUT2D eigenvalue weighted by molar-refractivity contribution is 8.00. The maximum Gasteiger partial charge on any atom is 0.272 e. The predicted molar refractivity (Wildman–Crippen MR) is 106 cm³/mol. The number of aromatic nitrogens is 1. The molecule has 4 heterocycles. The van der Waals surface area contributed by atoms with E-state index < -0.39 is 0 Å². The molecular weight excluding hydrogens is 358 g/mol. The van der Waals surface area contributed by atoms with Gasteiger partial charge in [0.15, 0.2) is 0 Å². The summed E-state index contributed by atoms with van der Waals surface area (Å²) in [4.78, 5) is 34.9. The molecular formula is C21H23N3O2S. The highest BCUT2D eigenvalue weighted by Gasteiger charge is 2.38. The number of carbonyl (C=O) groups excluding carboxylic acids is 2. The van der Waals surface area contributed by atoms with Crippen LogP contribution in [0.15, 0.2) is 59.6 Å². The number of fused-ring (bicyclic) bond motifs is 4. The fraction of sp³-hybridized carbons (Fsp3) is 0.381. The van der Waals surface area contributed by atoms with Crippen LogP contribution < -0.4 is 0 Å². The van der Waals surface area contributed by atoms with Crippen LogP contribution in [-0.4, -0.2) is 58.0 Å². The van der Waals surface area contributed by atoms with Crippen molar-refractivity contribution in [2.75, 3.05) is 25.4 Å². The van der Waals surface area contributed by atoms with Crippen molar-refractivity contribution >= 4 is 23.6 Å². The van der Waals surface area contributed by atoms with Gasteiger partial charge in [-0.15, -0.1) is 11.8 Å². The molecule has 3 aliphatic heterocycles. The van der Waals surface area contributed by atoms with Crippen molar-refractivity contribution < 1.29 is 9.59 Å². The maximum atomic E-state index is 12.8.